The van der Waals surface area contributed by atoms with Crippen molar-refractivity contribution in [1.82, 2.24) is 0 Å². The Morgan fingerprint density at radius 3 is 2.50 bits per heavy atom. The van der Waals surface area contributed by atoms with Crippen LogP contribution >= 0.6 is 0 Å². The lowest BCUT2D eigenvalue weighted by molar-refractivity contribution is -0.143. The highest BCUT2D eigenvalue weighted by Crippen LogP contribution is 2.59. The van der Waals surface area contributed by atoms with E-state index in [1.54, 1.807) is 0 Å². The molecule has 34 heavy (non-hydrogen) atoms. The number of carbonyl (C=O) groups excluding carboxylic acids is 2. The number of rotatable bonds is 9. The summed E-state index contributed by atoms with van der Waals surface area (Å²) in [6, 6.07) is 0. The Morgan fingerprint density at radius 2 is 1.85 bits per heavy atom. The predicted octanol–water partition coefficient (Wildman–Crippen LogP) is 5.47. The summed E-state index contributed by atoms with van der Waals surface area (Å²) in [6.45, 7) is 13.0. The van der Waals surface area contributed by atoms with Crippen molar-refractivity contribution < 1.29 is 24.5 Å². The number of Topliss-reactive ketones (excluding diaryl/α,β-unsaturated/α-hetero) is 1. The normalized spacial score (nSPS) is 39.0. The number of carbonyl (C=O) groups is 2. The van der Waals surface area contributed by atoms with Gasteiger partial charge in [-0.1, -0.05) is 53.9 Å². The first kappa shape index (κ1) is 27.4. The van der Waals surface area contributed by atoms with Gasteiger partial charge in [0.1, 0.15) is 0 Å². The van der Waals surface area contributed by atoms with Gasteiger partial charge in [-0.05, 0) is 79.3 Å². The maximum absolute atomic E-state index is 14.0. The van der Waals surface area contributed by atoms with E-state index in [2.05, 4.69) is 27.7 Å². The molecular formula is C29H48O5. The van der Waals surface area contributed by atoms with Crippen LogP contribution in [0.2, 0.25) is 0 Å². The maximum Gasteiger partial charge on any atom is 0.302 e. The van der Waals surface area contributed by atoms with E-state index in [0.717, 1.165) is 24.8 Å². The first-order valence-corrected chi connectivity index (χ1v) is 13.7. The molecule has 0 aliphatic heterocycles. The third-order valence-corrected chi connectivity index (χ3v) is 9.74. The Labute approximate surface area is 206 Å². The zero-order valence-electron chi connectivity index (χ0n) is 22.3. The topological polar surface area (TPSA) is 83.8 Å². The number of hydrogen-bond acceptors (Lipinski definition) is 5. The predicted molar refractivity (Wildman–Crippen MR) is 134 cm³/mol. The van der Waals surface area contributed by atoms with Crippen LogP contribution in [0.1, 0.15) is 99.3 Å². The molecular weight excluding hydrogens is 428 g/mol. The first-order chi connectivity index (χ1) is 15.9. The van der Waals surface area contributed by atoms with Crippen LogP contribution in [-0.2, 0) is 14.3 Å². The van der Waals surface area contributed by atoms with Gasteiger partial charge in [0, 0.05) is 18.3 Å². The molecule has 0 saturated heterocycles. The number of fused-ring (bicyclic) bond motifs is 1. The molecule has 194 valence electrons. The van der Waals surface area contributed by atoms with Gasteiger partial charge >= 0.3 is 5.97 Å². The summed E-state index contributed by atoms with van der Waals surface area (Å²) >= 11 is 0. The van der Waals surface area contributed by atoms with E-state index in [4.69, 9.17) is 4.74 Å². The van der Waals surface area contributed by atoms with E-state index in [9.17, 15) is 19.8 Å². The molecule has 8 unspecified atom stereocenters. The Balaban J connectivity index is 1.88. The van der Waals surface area contributed by atoms with Crippen LogP contribution in [0.25, 0.3) is 0 Å². The second-order valence-electron chi connectivity index (χ2n) is 12.5. The number of ketones is 1. The molecule has 0 aromatic heterocycles. The summed E-state index contributed by atoms with van der Waals surface area (Å²) in [4.78, 5) is 25.5. The molecule has 0 amide bonds. The molecule has 2 N–H and O–H groups in total. The average molecular weight is 477 g/mol. The molecule has 5 heteroatoms. The van der Waals surface area contributed by atoms with Crippen LogP contribution in [0.4, 0.5) is 0 Å². The van der Waals surface area contributed by atoms with Gasteiger partial charge < -0.3 is 14.9 Å². The van der Waals surface area contributed by atoms with E-state index in [1.165, 1.54) is 26.2 Å². The van der Waals surface area contributed by atoms with Crippen LogP contribution in [0.5, 0.6) is 0 Å². The van der Waals surface area contributed by atoms with Gasteiger partial charge in [0.05, 0.1) is 18.8 Å². The molecule has 3 rings (SSSR count). The monoisotopic (exact) mass is 476 g/mol. The number of esters is 1. The standard InChI is InChI=1S/C29H48O5/c1-18(2)8-7-9-19(3)23-10-11-24(28(23,5)14-15-34-20(4)30)22-17-26(32)25-16-21(31)12-13-29(25,6)27(22)33/h17-19,21,23-26,31-32H,7-16H2,1-6H3. The van der Waals surface area contributed by atoms with Crippen molar-refractivity contribution in [1.29, 1.82) is 0 Å². The van der Waals surface area contributed by atoms with Crippen LogP contribution in [0.15, 0.2) is 11.6 Å². The van der Waals surface area contributed by atoms with Crippen molar-refractivity contribution in [3.63, 3.8) is 0 Å². The number of aliphatic hydroxyl groups is 2. The fourth-order valence-electron chi connectivity index (χ4n) is 7.63. The van der Waals surface area contributed by atoms with Gasteiger partial charge in [-0.3, -0.25) is 9.59 Å². The zero-order valence-corrected chi connectivity index (χ0v) is 22.3. The van der Waals surface area contributed by atoms with E-state index >= 15 is 0 Å². The smallest absolute Gasteiger partial charge is 0.302 e. The maximum atomic E-state index is 14.0. The third-order valence-electron chi connectivity index (χ3n) is 9.74. The van der Waals surface area contributed by atoms with Gasteiger partial charge in [-0.25, -0.2) is 0 Å². The lowest BCUT2D eigenvalue weighted by atomic mass is 9.55. The second kappa shape index (κ2) is 10.8. The summed E-state index contributed by atoms with van der Waals surface area (Å²) in [6.07, 6.45) is 8.74. The van der Waals surface area contributed by atoms with Gasteiger partial charge in [0.15, 0.2) is 5.78 Å². The quantitative estimate of drug-likeness (QED) is 0.431. The number of aliphatic hydroxyl groups excluding tert-OH is 2. The summed E-state index contributed by atoms with van der Waals surface area (Å²) in [5.41, 5.74) is 0.0241. The molecule has 8 atom stereocenters. The lowest BCUT2D eigenvalue weighted by Crippen LogP contribution is -2.52. The van der Waals surface area contributed by atoms with E-state index in [0.29, 0.717) is 43.6 Å². The molecule has 0 bridgehead atoms. The Morgan fingerprint density at radius 1 is 1.15 bits per heavy atom. The average Bonchev–Trinajstić information content (AvgIpc) is 3.08. The molecule has 3 aliphatic rings. The van der Waals surface area contributed by atoms with E-state index in [-0.39, 0.29) is 29.0 Å². The molecule has 0 radical (unpaired) electrons. The SMILES string of the molecule is CC(=O)OCCC1(C)C(C2=CC(O)C3CC(O)CCC3(C)C2=O)CCC1C(C)CCCC(C)C. The molecule has 2 saturated carbocycles. The van der Waals surface area contributed by atoms with Crippen LogP contribution in [0.3, 0.4) is 0 Å². The Bertz CT molecular complexity index is 772. The minimum absolute atomic E-state index is 0.0624. The molecule has 0 heterocycles. The fraction of sp³-hybridized carbons (Fsp3) is 0.862. The number of hydrogen-bond donors (Lipinski definition) is 2. The van der Waals surface area contributed by atoms with Crippen molar-refractivity contribution in [3.05, 3.63) is 11.6 Å². The highest BCUT2D eigenvalue weighted by Gasteiger charge is 2.56. The zero-order chi connectivity index (χ0) is 25.3. The first-order valence-electron chi connectivity index (χ1n) is 13.7. The molecule has 2 fully saturated rings. The minimum atomic E-state index is -0.701. The largest absolute Gasteiger partial charge is 0.466 e. The molecule has 3 aliphatic carbocycles. The van der Waals surface area contributed by atoms with Gasteiger partial charge in [0.25, 0.3) is 0 Å². The lowest BCUT2D eigenvalue weighted by Gasteiger charge is -2.49. The second-order valence-corrected chi connectivity index (χ2v) is 12.5. The van der Waals surface area contributed by atoms with Gasteiger partial charge in [-0.2, -0.15) is 0 Å². The van der Waals surface area contributed by atoms with E-state index < -0.39 is 17.6 Å². The summed E-state index contributed by atoms with van der Waals surface area (Å²) in [5.74, 6) is 1.44. The highest BCUT2D eigenvalue weighted by atomic mass is 16.5. The van der Waals surface area contributed by atoms with Gasteiger partial charge in [-0.15, -0.1) is 0 Å². The highest BCUT2D eigenvalue weighted by molar-refractivity contribution is 6.01. The molecule has 0 spiro atoms. The Kier molecular flexibility index (Phi) is 8.72. The van der Waals surface area contributed by atoms with Crippen molar-refractivity contribution in [2.75, 3.05) is 6.61 Å². The fourth-order valence-corrected chi connectivity index (χ4v) is 7.63. The van der Waals surface area contributed by atoms with Crippen LogP contribution in [-0.4, -0.2) is 40.8 Å². The van der Waals surface area contributed by atoms with Crippen molar-refractivity contribution in [2.45, 2.75) is 112 Å². The molecule has 0 aromatic rings. The molecule has 5 nitrogen and oxygen atoms in total. The summed E-state index contributed by atoms with van der Waals surface area (Å²) in [7, 11) is 0. The summed E-state index contributed by atoms with van der Waals surface area (Å²) < 4.78 is 5.39. The Hall–Kier alpha value is -1.20. The van der Waals surface area contributed by atoms with Crippen molar-refractivity contribution >= 4 is 11.8 Å². The minimum Gasteiger partial charge on any atom is -0.466 e. The van der Waals surface area contributed by atoms with Crippen LogP contribution in [0, 0.1) is 40.4 Å². The van der Waals surface area contributed by atoms with Crippen LogP contribution < -0.4 is 0 Å². The van der Waals surface area contributed by atoms with Crippen molar-refractivity contribution in [2.24, 2.45) is 40.4 Å². The van der Waals surface area contributed by atoms with Gasteiger partial charge in [0.2, 0.25) is 0 Å². The molecule has 0 aromatic carbocycles. The third kappa shape index (κ3) is 5.46. The van der Waals surface area contributed by atoms with Crippen molar-refractivity contribution in [3.8, 4) is 0 Å². The number of ether oxygens (including phenoxy) is 1. The number of allylic oxidation sites excluding steroid dienone is 1. The van der Waals surface area contributed by atoms with E-state index in [1.807, 2.05) is 13.0 Å². The summed E-state index contributed by atoms with van der Waals surface area (Å²) in [5, 5.41) is 21.3.